The number of aliphatic hydroxyl groups excluding tert-OH is 1. The molecule has 9 rings (SSSR count). The minimum absolute atomic E-state index is 0. The summed E-state index contributed by atoms with van der Waals surface area (Å²) in [4.78, 5) is 53.3. The van der Waals surface area contributed by atoms with Crippen LogP contribution in [0.1, 0.15) is 126 Å². The largest absolute Gasteiger partial charge is 0.466 e. The Balaban J connectivity index is 0.000000326. The molecular weight excluding hydrogens is 1440 g/mol. The molecule has 2 amide bonds. The maximum Gasteiger partial charge on any atom is 0.330 e. The van der Waals surface area contributed by atoms with Crippen LogP contribution in [-0.2, 0) is 66.9 Å². The predicted molar refractivity (Wildman–Crippen MR) is 459 cm³/mol. The molecule has 6 aromatic carbocycles. The first-order valence-corrected chi connectivity index (χ1v) is 43.8. The van der Waals surface area contributed by atoms with Crippen LogP contribution >= 0.6 is 12.4 Å². The number of aromatic amines is 3. The molecule has 0 aliphatic rings. The molecule has 0 aliphatic heterocycles. The second kappa shape index (κ2) is 47.9. The number of aromatic nitrogens is 3. The normalized spacial score (nSPS) is 12.0. The highest BCUT2D eigenvalue weighted by atomic mass is 35.5. The van der Waals surface area contributed by atoms with E-state index in [4.69, 9.17) is 24.5 Å². The average molecular weight is 1560 g/mol. The molecule has 0 spiro atoms. The minimum Gasteiger partial charge on any atom is -0.466 e. The Morgan fingerprint density at radius 3 is 1.05 bits per heavy atom. The maximum atomic E-state index is 11.4. The van der Waals surface area contributed by atoms with Crippen molar-refractivity contribution in [2.24, 2.45) is 5.90 Å². The van der Waals surface area contributed by atoms with Crippen molar-refractivity contribution in [2.75, 3.05) is 72.7 Å². The molecule has 0 radical (unpaired) electrons. The monoisotopic (exact) mass is 1560 g/mol. The number of nitrogens with two attached hydrogens (primary N) is 1. The number of amides is 2. The maximum absolute atomic E-state index is 11.4. The fraction of sp³-hybridized carbons (Fsp3) is 0.414. The number of hydrogen-bond acceptors (Lipinski definition) is 15. The van der Waals surface area contributed by atoms with E-state index in [-0.39, 0.29) is 35.1 Å². The van der Waals surface area contributed by atoms with Crippen LogP contribution < -0.4 is 16.9 Å². The van der Waals surface area contributed by atoms with Gasteiger partial charge in [-0.25, -0.2) is 21.7 Å². The van der Waals surface area contributed by atoms with Crippen LogP contribution in [0.5, 0.6) is 0 Å². The number of nitrogens with one attached hydrogen (secondary N) is 5. The van der Waals surface area contributed by atoms with Gasteiger partial charge in [0.1, 0.15) is 0 Å². The molecule has 600 valence electrons. The number of halogens is 1. The highest BCUT2D eigenvalue weighted by Crippen LogP contribution is 2.38. The van der Waals surface area contributed by atoms with E-state index in [1.165, 1.54) is 80.3 Å². The van der Waals surface area contributed by atoms with E-state index < -0.39 is 28.4 Å². The summed E-state index contributed by atoms with van der Waals surface area (Å²) in [6.45, 7) is 44.3. The number of para-hydroxylation sites is 3. The fourth-order valence-electron chi connectivity index (χ4n) is 12.0. The van der Waals surface area contributed by atoms with Gasteiger partial charge >= 0.3 is 5.97 Å². The second-order valence-electron chi connectivity index (χ2n) is 30.8. The molecule has 20 nitrogen and oxygen atoms in total. The molecule has 0 unspecified atom stereocenters. The Labute approximate surface area is 662 Å². The van der Waals surface area contributed by atoms with Crippen molar-refractivity contribution in [2.45, 2.75) is 163 Å². The third kappa shape index (κ3) is 31.9. The lowest BCUT2D eigenvalue weighted by atomic mass is 10.1. The molecule has 110 heavy (non-hydrogen) atoms. The molecule has 3 heterocycles. The minimum atomic E-state index is -1.80. The smallest absolute Gasteiger partial charge is 0.330 e. The third-order valence-electron chi connectivity index (χ3n) is 20.4. The first-order chi connectivity index (χ1) is 52.0. The molecule has 0 fully saturated rings. The van der Waals surface area contributed by atoms with E-state index in [1.807, 2.05) is 60.7 Å². The zero-order chi connectivity index (χ0) is 80.2. The molecule has 0 atom stereocenters. The van der Waals surface area contributed by atoms with E-state index in [0.717, 1.165) is 119 Å². The number of carbonyl (C=O) groups excluding carboxylic acids is 3. The van der Waals surface area contributed by atoms with Crippen LogP contribution in [0.3, 0.4) is 0 Å². The van der Waals surface area contributed by atoms with Crippen molar-refractivity contribution in [1.29, 1.82) is 0 Å². The Morgan fingerprint density at radius 1 is 0.482 bits per heavy atom. The SMILES string of the molecule is CC(C)(C)[Si](C)(C)OCCN(CCc1c[nH]c2ccccc12)Cc1ccc(/C=C/C(=O)NO)cc1.CCN(C(C)C)C(C)C.COC(=O)C=Cc1ccc(CN(CCO[Si](C)(C)C(C)(C)C)CCc2c[nH]c3ccccc23)cc1.Cl.NO.O=C(/C=C/c1ccc(CN(CCO)CCc2c[nH]c3ccccc23)cc1)NO. The molecule has 23 heteroatoms. The van der Waals surface area contributed by atoms with E-state index in [9.17, 15) is 19.5 Å². The van der Waals surface area contributed by atoms with Gasteiger partial charge in [-0.1, -0.05) is 176 Å². The van der Waals surface area contributed by atoms with Gasteiger partial charge in [-0.05, 0) is 176 Å². The molecule has 0 saturated carbocycles. The molecule has 3 aromatic heterocycles. The topological polar surface area (TPSA) is 270 Å². The number of aliphatic hydroxyl groups is 1. The van der Waals surface area contributed by atoms with Crippen molar-refractivity contribution in [3.05, 3.63) is 232 Å². The van der Waals surface area contributed by atoms with Crippen LogP contribution in [0, 0.1) is 0 Å². The third-order valence-corrected chi connectivity index (χ3v) is 29.5. The van der Waals surface area contributed by atoms with Crippen LogP contribution in [0.4, 0.5) is 0 Å². The van der Waals surface area contributed by atoms with Gasteiger partial charge in [-0.2, -0.15) is 0 Å². The van der Waals surface area contributed by atoms with Crippen LogP contribution in [0.2, 0.25) is 36.3 Å². The van der Waals surface area contributed by atoms with E-state index >= 15 is 0 Å². The van der Waals surface area contributed by atoms with Crippen molar-refractivity contribution < 1.29 is 48.7 Å². The van der Waals surface area contributed by atoms with E-state index in [0.29, 0.717) is 18.6 Å². The van der Waals surface area contributed by atoms with Crippen molar-refractivity contribution in [1.82, 2.24) is 45.5 Å². The number of hydroxylamine groups is 2. The van der Waals surface area contributed by atoms with Crippen molar-refractivity contribution >= 4 is 97.8 Å². The standard InChI is InChI=1S/C29H40N2O3Si.C28H39N3O3Si.C22H25N3O3.C8H19N.ClH.H3NO/c1-29(2,3)35(5,6)34-20-19-31(18-17-25-21-30-27-10-8-7-9-26(25)27)22-24-13-11-23(12-14-24)15-16-28(32)33-4;1-28(2,3)35(4,5)34-19-18-31(17-16-24-20-29-26-9-7-6-8-25(24)26)21-23-12-10-22(11-13-23)14-15-27(32)30-33;26-14-13-25(12-11-19-15-23-21-4-2-1-3-20(19)21)16-18-7-5-17(6-8-18)9-10-22(27)24-28;1-6-9(7(2)3)8(4)5;;1-2/h7-16,21,30H,17-20,22H2,1-6H3;6-15,20,29,33H,16-19,21H2,1-5H3,(H,30,32);1-10,15,23,26,28H,11-14,16H2,(H,24,27);7-8H,6H2,1-5H3;1H;2H,1H2/b;15-14+;10-9+;;;. The number of H-pyrrole nitrogens is 3. The highest BCUT2D eigenvalue weighted by Gasteiger charge is 2.38. The average Bonchev–Trinajstić information content (AvgIpc) is 1.67. The number of rotatable bonds is 34. The van der Waals surface area contributed by atoms with Gasteiger partial charge in [0.05, 0.1) is 13.7 Å². The summed E-state index contributed by atoms with van der Waals surface area (Å²) in [6.07, 6.45) is 18.3. The Kier molecular flexibility index (Phi) is 41.1. The summed E-state index contributed by atoms with van der Waals surface area (Å²) >= 11 is 0. The number of benzene rings is 6. The summed E-state index contributed by atoms with van der Waals surface area (Å²) < 4.78 is 17.6. The number of hydrogen-bond donors (Lipinski definition) is 10. The number of carbonyl (C=O) groups is 3. The highest BCUT2D eigenvalue weighted by molar-refractivity contribution is 6.74. The van der Waals surface area contributed by atoms with Gasteiger partial charge in [0, 0.05) is 154 Å². The van der Waals surface area contributed by atoms with Crippen LogP contribution in [0.25, 0.3) is 50.9 Å². The Bertz CT molecular complexity index is 4030. The zero-order valence-corrected chi connectivity index (χ0v) is 70.9. The number of esters is 1. The molecular formula is C87H127ClN10O10Si2. The number of ether oxygens (including phenoxy) is 1. The number of fused-ring (bicyclic) bond motifs is 3. The number of methoxy groups -OCH3 is 1. The summed E-state index contributed by atoms with van der Waals surface area (Å²) in [5, 5.41) is 37.3. The van der Waals surface area contributed by atoms with Gasteiger partial charge in [0.25, 0.3) is 11.8 Å². The summed E-state index contributed by atoms with van der Waals surface area (Å²) in [6, 6.07) is 50.9. The van der Waals surface area contributed by atoms with Crippen LogP contribution in [0.15, 0.2) is 182 Å². The molecule has 9 aromatic rings. The second-order valence-corrected chi connectivity index (χ2v) is 40.4. The van der Waals surface area contributed by atoms with Crippen molar-refractivity contribution in [3.8, 4) is 0 Å². The van der Waals surface area contributed by atoms with Gasteiger partial charge in [-0.15, -0.1) is 12.4 Å². The summed E-state index contributed by atoms with van der Waals surface area (Å²) in [7, 11) is -2.19. The molecule has 0 bridgehead atoms. The van der Waals surface area contributed by atoms with Gasteiger partial charge in [0.15, 0.2) is 16.6 Å². The Hall–Kier alpha value is -8.15. The predicted octanol–water partition coefficient (Wildman–Crippen LogP) is 16.8. The van der Waals surface area contributed by atoms with Gasteiger partial charge in [0.2, 0.25) is 0 Å². The first kappa shape index (κ1) is 94.2. The lowest BCUT2D eigenvalue weighted by Gasteiger charge is -2.37. The quantitative estimate of drug-likeness (QED) is 0.00591. The molecule has 0 saturated heterocycles. The summed E-state index contributed by atoms with van der Waals surface area (Å²) in [5.74, 6) is 2.05. The number of nitrogens with zero attached hydrogens (tertiary/aromatic N) is 4. The Morgan fingerprint density at radius 2 is 0.782 bits per heavy atom. The molecule has 0 aliphatic carbocycles. The lowest BCUT2D eigenvalue weighted by Crippen LogP contribution is -2.43. The summed E-state index contributed by atoms with van der Waals surface area (Å²) in [5.41, 5.74) is 17.0. The zero-order valence-electron chi connectivity index (χ0n) is 68.0. The van der Waals surface area contributed by atoms with E-state index in [1.54, 1.807) is 29.2 Å². The van der Waals surface area contributed by atoms with Gasteiger partial charge < -0.3 is 38.9 Å². The van der Waals surface area contributed by atoms with Crippen LogP contribution in [-0.4, -0.2) is 175 Å². The lowest BCUT2D eigenvalue weighted by molar-refractivity contribution is -0.134. The molecule has 11 N–H and O–H groups in total. The first-order valence-electron chi connectivity index (χ1n) is 38.0. The van der Waals surface area contributed by atoms with E-state index in [2.05, 4.69) is 251 Å². The van der Waals surface area contributed by atoms with Crippen molar-refractivity contribution in [3.63, 3.8) is 0 Å². The fourth-order valence-corrected chi connectivity index (χ4v) is 14.1. The van der Waals surface area contributed by atoms with Gasteiger partial charge in [-0.3, -0.25) is 39.6 Å².